The minimum Gasteiger partial charge on any atom is -0.478 e. The zero-order valence-corrected chi connectivity index (χ0v) is 10.3. The van der Waals surface area contributed by atoms with E-state index < -0.39 is 11.8 Å². The zero-order valence-electron chi connectivity index (χ0n) is 9.52. The second kappa shape index (κ2) is 5.11. The first-order chi connectivity index (χ1) is 8.97. The Morgan fingerprint density at radius 3 is 2.84 bits per heavy atom. The molecule has 0 aliphatic rings. The number of nitrogens with zero attached hydrogens (tertiary/aromatic N) is 1. The number of carboxylic acid groups (broad SMARTS) is 1. The van der Waals surface area contributed by atoms with Gasteiger partial charge in [0.1, 0.15) is 17.2 Å². The molecule has 1 aromatic carbocycles. The van der Waals surface area contributed by atoms with Crippen molar-refractivity contribution in [1.82, 2.24) is 4.98 Å². The monoisotopic (exact) mass is 281 g/mol. The number of rotatable bonds is 3. The first-order valence-electron chi connectivity index (χ1n) is 5.18. The van der Waals surface area contributed by atoms with Gasteiger partial charge in [0.2, 0.25) is 0 Å². The van der Waals surface area contributed by atoms with Crippen LogP contribution in [0.4, 0.5) is 21.6 Å². The fraction of sp³-hybridized carbons (Fsp3) is 0. The van der Waals surface area contributed by atoms with E-state index in [0.29, 0.717) is 0 Å². The van der Waals surface area contributed by atoms with E-state index in [9.17, 15) is 9.18 Å². The maximum Gasteiger partial charge on any atom is 0.339 e. The lowest BCUT2D eigenvalue weighted by atomic mass is 10.2. The summed E-state index contributed by atoms with van der Waals surface area (Å²) < 4.78 is 13.1. The summed E-state index contributed by atoms with van der Waals surface area (Å²) >= 11 is 5.88. The Labute approximate surface area is 112 Å². The molecule has 2 aromatic rings. The molecule has 1 aromatic heterocycles. The number of nitrogens with one attached hydrogen (secondary N) is 1. The highest BCUT2D eigenvalue weighted by Crippen LogP contribution is 2.27. The van der Waals surface area contributed by atoms with Crippen molar-refractivity contribution in [3.8, 4) is 0 Å². The van der Waals surface area contributed by atoms with Crippen LogP contribution in [0.15, 0.2) is 30.5 Å². The fourth-order valence-electron chi connectivity index (χ4n) is 1.46. The molecule has 0 saturated heterocycles. The summed E-state index contributed by atoms with van der Waals surface area (Å²) in [6.45, 7) is 0. The smallest absolute Gasteiger partial charge is 0.339 e. The minimum atomic E-state index is -1.20. The Morgan fingerprint density at radius 2 is 2.16 bits per heavy atom. The third kappa shape index (κ3) is 2.92. The lowest BCUT2D eigenvalue weighted by Crippen LogP contribution is -2.06. The van der Waals surface area contributed by atoms with Crippen molar-refractivity contribution < 1.29 is 14.3 Å². The molecule has 2 rings (SSSR count). The van der Waals surface area contributed by atoms with Gasteiger partial charge < -0.3 is 16.2 Å². The highest BCUT2D eigenvalue weighted by molar-refractivity contribution is 6.33. The van der Waals surface area contributed by atoms with Gasteiger partial charge in [-0.15, -0.1) is 0 Å². The average Bonchev–Trinajstić information content (AvgIpc) is 2.35. The molecular formula is C12H9ClFN3O2. The van der Waals surface area contributed by atoms with E-state index in [4.69, 9.17) is 22.4 Å². The summed E-state index contributed by atoms with van der Waals surface area (Å²) in [6, 6.07) is 4.95. The molecule has 0 atom stereocenters. The van der Waals surface area contributed by atoms with Crippen LogP contribution in [0.25, 0.3) is 0 Å². The third-order valence-electron chi connectivity index (χ3n) is 2.32. The van der Waals surface area contributed by atoms with E-state index in [-0.39, 0.29) is 27.8 Å². The fourth-order valence-corrected chi connectivity index (χ4v) is 1.63. The van der Waals surface area contributed by atoms with Gasteiger partial charge in [-0.25, -0.2) is 14.2 Å². The molecule has 0 aliphatic heterocycles. The van der Waals surface area contributed by atoms with Gasteiger partial charge in [0.25, 0.3) is 0 Å². The molecule has 0 amide bonds. The highest BCUT2D eigenvalue weighted by Gasteiger charge is 2.13. The lowest BCUT2D eigenvalue weighted by Gasteiger charge is -2.10. The van der Waals surface area contributed by atoms with Gasteiger partial charge in [-0.05, 0) is 24.3 Å². The summed E-state index contributed by atoms with van der Waals surface area (Å²) in [4.78, 5) is 14.9. The van der Waals surface area contributed by atoms with Crippen molar-refractivity contribution in [2.24, 2.45) is 0 Å². The van der Waals surface area contributed by atoms with E-state index >= 15 is 0 Å². The molecule has 4 N–H and O–H groups in total. The van der Waals surface area contributed by atoms with Crippen LogP contribution < -0.4 is 11.1 Å². The number of benzene rings is 1. The standard InChI is InChI=1S/C12H9ClFN3O2/c13-9-2-1-6(14)3-10(9)17-11-8(12(18)19)4-7(15)5-16-11/h1-5H,15H2,(H,16,17)(H,18,19). The first-order valence-corrected chi connectivity index (χ1v) is 5.56. The van der Waals surface area contributed by atoms with Crippen LogP contribution in [-0.2, 0) is 0 Å². The van der Waals surface area contributed by atoms with Gasteiger partial charge in [-0.1, -0.05) is 11.6 Å². The number of aromatic nitrogens is 1. The van der Waals surface area contributed by atoms with Crippen molar-refractivity contribution in [1.29, 1.82) is 0 Å². The molecule has 0 bridgehead atoms. The van der Waals surface area contributed by atoms with Crippen molar-refractivity contribution in [2.75, 3.05) is 11.1 Å². The first kappa shape index (κ1) is 13.1. The van der Waals surface area contributed by atoms with Gasteiger partial charge in [-0.3, -0.25) is 0 Å². The van der Waals surface area contributed by atoms with Crippen LogP contribution in [0.5, 0.6) is 0 Å². The Bertz CT molecular complexity index is 649. The summed E-state index contributed by atoms with van der Waals surface area (Å²) in [7, 11) is 0. The van der Waals surface area contributed by atoms with Crippen molar-refractivity contribution in [2.45, 2.75) is 0 Å². The Balaban J connectivity index is 2.43. The molecule has 0 saturated carbocycles. The van der Waals surface area contributed by atoms with Gasteiger partial charge in [0, 0.05) is 0 Å². The van der Waals surface area contributed by atoms with Crippen LogP contribution in [0.2, 0.25) is 5.02 Å². The van der Waals surface area contributed by atoms with E-state index in [1.54, 1.807) is 0 Å². The van der Waals surface area contributed by atoms with Crippen LogP contribution in [-0.4, -0.2) is 16.1 Å². The van der Waals surface area contributed by atoms with Crippen LogP contribution in [0.1, 0.15) is 10.4 Å². The van der Waals surface area contributed by atoms with E-state index in [0.717, 1.165) is 6.07 Å². The quantitative estimate of drug-likeness (QED) is 0.805. The SMILES string of the molecule is Nc1cnc(Nc2cc(F)ccc2Cl)c(C(=O)O)c1. The van der Waals surface area contributed by atoms with E-state index in [1.165, 1.54) is 24.4 Å². The molecule has 0 aliphatic carbocycles. The third-order valence-corrected chi connectivity index (χ3v) is 2.65. The Hall–Kier alpha value is -2.34. The van der Waals surface area contributed by atoms with Gasteiger partial charge in [0.05, 0.1) is 22.6 Å². The predicted molar refractivity (Wildman–Crippen MR) is 70.3 cm³/mol. The molecule has 0 fully saturated rings. The summed E-state index contributed by atoms with van der Waals surface area (Å²) in [5, 5.41) is 12.0. The maximum atomic E-state index is 13.1. The second-order valence-electron chi connectivity index (χ2n) is 3.72. The highest BCUT2D eigenvalue weighted by atomic mass is 35.5. The number of anilines is 3. The minimum absolute atomic E-state index is 0.0363. The van der Waals surface area contributed by atoms with Crippen molar-refractivity contribution >= 4 is 34.8 Å². The molecule has 98 valence electrons. The number of hydrogen-bond acceptors (Lipinski definition) is 4. The lowest BCUT2D eigenvalue weighted by molar-refractivity contribution is 0.0697. The number of carboxylic acids is 1. The number of carbonyl (C=O) groups is 1. The second-order valence-corrected chi connectivity index (χ2v) is 4.13. The molecular weight excluding hydrogens is 273 g/mol. The van der Waals surface area contributed by atoms with E-state index in [2.05, 4.69) is 10.3 Å². The molecule has 0 unspecified atom stereocenters. The number of pyridine rings is 1. The molecule has 5 nitrogen and oxygen atoms in total. The van der Waals surface area contributed by atoms with Crippen LogP contribution >= 0.6 is 11.6 Å². The zero-order chi connectivity index (χ0) is 14.0. The number of aromatic carboxylic acids is 1. The van der Waals surface area contributed by atoms with Crippen molar-refractivity contribution in [3.63, 3.8) is 0 Å². The number of nitrogens with two attached hydrogens (primary N) is 1. The number of hydrogen-bond donors (Lipinski definition) is 3. The Kier molecular flexibility index (Phi) is 3.52. The van der Waals surface area contributed by atoms with Crippen molar-refractivity contribution in [3.05, 3.63) is 46.9 Å². The molecule has 0 spiro atoms. The molecule has 19 heavy (non-hydrogen) atoms. The summed E-state index contributed by atoms with van der Waals surface area (Å²) in [5.74, 6) is -1.66. The maximum absolute atomic E-state index is 13.1. The van der Waals surface area contributed by atoms with E-state index in [1.807, 2.05) is 0 Å². The topological polar surface area (TPSA) is 88.2 Å². The number of nitrogen functional groups attached to an aromatic ring is 1. The molecule has 7 heteroatoms. The predicted octanol–water partition coefficient (Wildman–Crippen LogP) is 2.90. The van der Waals surface area contributed by atoms with Crippen LogP contribution in [0.3, 0.4) is 0 Å². The average molecular weight is 282 g/mol. The number of halogens is 2. The van der Waals surface area contributed by atoms with Gasteiger partial charge in [0.15, 0.2) is 0 Å². The molecule has 1 heterocycles. The van der Waals surface area contributed by atoms with Crippen LogP contribution in [0, 0.1) is 5.82 Å². The normalized spacial score (nSPS) is 10.2. The summed E-state index contributed by atoms with van der Waals surface area (Å²) in [6.07, 6.45) is 1.29. The largest absolute Gasteiger partial charge is 0.478 e. The summed E-state index contributed by atoms with van der Waals surface area (Å²) in [5.41, 5.74) is 5.79. The van der Waals surface area contributed by atoms with Gasteiger partial charge in [-0.2, -0.15) is 0 Å². The van der Waals surface area contributed by atoms with Gasteiger partial charge >= 0.3 is 5.97 Å². The molecule has 0 radical (unpaired) electrons. The Morgan fingerprint density at radius 1 is 1.42 bits per heavy atom.